The van der Waals surface area contributed by atoms with E-state index >= 15 is 0 Å². The van der Waals surface area contributed by atoms with Gasteiger partial charge in [0.25, 0.3) is 0 Å². The van der Waals surface area contributed by atoms with E-state index in [1.165, 1.54) is 6.07 Å². The van der Waals surface area contributed by atoms with E-state index in [0.717, 1.165) is 6.07 Å². The molecule has 0 aliphatic carbocycles. The average molecular weight is 252 g/mol. The van der Waals surface area contributed by atoms with E-state index in [9.17, 15) is 9.18 Å². The number of amides is 1. The van der Waals surface area contributed by atoms with Crippen LogP contribution in [0.1, 0.15) is 10.4 Å². The second kappa shape index (κ2) is 3.41. The second-order valence-corrected chi connectivity index (χ2v) is 3.26. The summed E-state index contributed by atoms with van der Waals surface area (Å²) in [5.41, 5.74) is 5.15. The molecule has 0 unspecified atom stereocenters. The first kappa shape index (κ1) is 9.48. The van der Waals surface area contributed by atoms with Crippen molar-refractivity contribution < 1.29 is 9.18 Å². The lowest BCUT2D eigenvalue weighted by molar-refractivity contribution is 0.0999. The molecule has 0 bridgehead atoms. The van der Waals surface area contributed by atoms with Crippen LogP contribution in [0.15, 0.2) is 16.6 Å². The van der Waals surface area contributed by atoms with Crippen LogP contribution < -0.4 is 5.73 Å². The number of halogens is 3. The highest BCUT2D eigenvalue weighted by atomic mass is 79.9. The second-order valence-electron chi connectivity index (χ2n) is 2.09. The zero-order chi connectivity index (χ0) is 9.30. The minimum atomic E-state index is -0.649. The van der Waals surface area contributed by atoms with Gasteiger partial charge in [0.2, 0.25) is 5.91 Å². The number of carbonyl (C=O) groups excluding carboxylic acids is 1. The van der Waals surface area contributed by atoms with Crippen LogP contribution in [0.2, 0.25) is 5.02 Å². The highest BCUT2D eigenvalue weighted by molar-refractivity contribution is 9.10. The van der Waals surface area contributed by atoms with Gasteiger partial charge in [0, 0.05) is 0 Å². The van der Waals surface area contributed by atoms with Crippen LogP contribution in [0.3, 0.4) is 0 Å². The fourth-order valence-electron chi connectivity index (χ4n) is 0.716. The topological polar surface area (TPSA) is 43.1 Å². The Labute approximate surface area is 81.6 Å². The molecule has 2 N–H and O–H groups in total. The lowest BCUT2D eigenvalue weighted by Crippen LogP contribution is -2.11. The summed E-state index contributed by atoms with van der Waals surface area (Å²) in [5.74, 6) is -1.24. The maximum Gasteiger partial charge on any atom is 0.249 e. The van der Waals surface area contributed by atoms with Gasteiger partial charge in [0.05, 0.1) is 15.1 Å². The maximum absolute atomic E-state index is 12.7. The van der Waals surface area contributed by atoms with E-state index in [1.54, 1.807) is 0 Å². The molecule has 0 fully saturated rings. The molecular weight excluding hydrogens is 248 g/mol. The van der Waals surface area contributed by atoms with Gasteiger partial charge in [-0.1, -0.05) is 11.6 Å². The van der Waals surface area contributed by atoms with Gasteiger partial charge in [0.15, 0.2) is 0 Å². The van der Waals surface area contributed by atoms with E-state index in [2.05, 4.69) is 15.9 Å². The van der Waals surface area contributed by atoms with Gasteiger partial charge < -0.3 is 5.73 Å². The standard InChI is InChI=1S/C7H4BrClFNO/c8-5-3(7(11)12)1-2-4(10)6(5)9/h1-2H,(H2,11,12). The minimum Gasteiger partial charge on any atom is -0.366 e. The summed E-state index contributed by atoms with van der Waals surface area (Å²) in [4.78, 5) is 10.7. The zero-order valence-corrected chi connectivity index (χ0v) is 8.12. The monoisotopic (exact) mass is 251 g/mol. The van der Waals surface area contributed by atoms with Crippen LogP contribution in [0.5, 0.6) is 0 Å². The van der Waals surface area contributed by atoms with Crippen LogP contribution in [0.25, 0.3) is 0 Å². The number of nitrogens with two attached hydrogens (primary N) is 1. The van der Waals surface area contributed by atoms with Crippen molar-refractivity contribution in [1.29, 1.82) is 0 Å². The molecule has 2 nitrogen and oxygen atoms in total. The van der Waals surface area contributed by atoms with Gasteiger partial charge in [-0.05, 0) is 28.1 Å². The molecule has 1 rings (SSSR count). The highest BCUT2D eigenvalue weighted by Gasteiger charge is 2.12. The Hall–Kier alpha value is -0.610. The zero-order valence-electron chi connectivity index (χ0n) is 5.77. The summed E-state index contributed by atoms with van der Waals surface area (Å²) >= 11 is 8.46. The van der Waals surface area contributed by atoms with Crippen molar-refractivity contribution in [2.45, 2.75) is 0 Å². The summed E-state index contributed by atoms with van der Waals surface area (Å²) in [7, 11) is 0. The number of rotatable bonds is 1. The Morgan fingerprint density at radius 1 is 1.58 bits per heavy atom. The molecule has 0 atom stereocenters. The van der Waals surface area contributed by atoms with Gasteiger partial charge >= 0.3 is 0 Å². The fourth-order valence-corrected chi connectivity index (χ4v) is 1.40. The summed E-state index contributed by atoms with van der Waals surface area (Å²) < 4.78 is 12.9. The Bertz CT molecular complexity index is 342. The molecule has 12 heavy (non-hydrogen) atoms. The molecule has 0 saturated carbocycles. The van der Waals surface area contributed by atoms with E-state index in [-0.39, 0.29) is 15.1 Å². The van der Waals surface area contributed by atoms with Crippen LogP contribution in [-0.4, -0.2) is 5.91 Å². The number of carbonyl (C=O) groups is 1. The van der Waals surface area contributed by atoms with Crippen LogP contribution in [-0.2, 0) is 0 Å². The molecule has 64 valence electrons. The van der Waals surface area contributed by atoms with Crippen molar-refractivity contribution in [3.05, 3.63) is 33.0 Å². The van der Waals surface area contributed by atoms with Gasteiger partial charge in [-0.15, -0.1) is 0 Å². The predicted molar refractivity (Wildman–Crippen MR) is 47.6 cm³/mol. The molecule has 0 aliphatic heterocycles. The molecule has 0 aliphatic rings. The summed E-state index contributed by atoms with van der Waals surface area (Å²) in [6, 6.07) is 2.36. The Morgan fingerprint density at radius 3 is 2.67 bits per heavy atom. The maximum atomic E-state index is 12.7. The Balaban J connectivity index is 3.36. The first-order chi connectivity index (χ1) is 5.54. The Kier molecular flexibility index (Phi) is 2.69. The third kappa shape index (κ3) is 1.59. The van der Waals surface area contributed by atoms with Crippen molar-refractivity contribution >= 4 is 33.4 Å². The molecule has 0 saturated heterocycles. The summed E-state index contributed by atoms with van der Waals surface area (Å²) in [6.45, 7) is 0. The number of hydrogen-bond acceptors (Lipinski definition) is 1. The summed E-state index contributed by atoms with van der Waals surface area (Å²) in [5, 5.41) is -0.133. The molecule has 0 heterocycles. The van der Waals surface area contributed by atoms with Gasteiger partial charge in [-0.2, -0.15) is 0 Å². The van der Waals surface area contributed by atoms with Crippen molar-refractivity contribution in [3.63, 3.8) is 0 Å². The normalized spacial score (nSPS) is 9.92. The first-order valence-electron chi connectivity index (χ1n) is 2.97. The predicted octanol–water partition coefficient (Wildman–Crippen LogP) is 2.34. The molecule has 1 aromatic rings. The largest absolute Gasteiger partial charge is 0.366 e. The van der Waals surface area contributed by atoms with Crippen molar-refractivity contribution in [2.24, 2.45) is 5.73 Å². The molecule has 5 heteroatoms. The smallest absolute Gasteiger partial charge is 0.249 e. The van der Waals surface area contributed by atoms with Gasteiger partial charge in [-0.25, -0.2) is 4.39 Å². The van der Waals surface area contributed by atoms with E-state index in [0.29, 0.717) is 0 Å². The van der Waals surface area contributed by atoms with Gasteiger partial charge in [0.1, 0.15) is 5.82 Å². The third-order valence-corrected chi connectivity index (χ3v) is 2.72. The minimum absolute atomic E-state index is 0.133. The molecular formula is C7H4BrClFNO. The van der Waals surface area contributed by atoms with E-state index < -0.39 is 11.7 Å². The lowest BCUT2D eigenvalue weighted by atomic mass is 10.2. The molecule has 0 spiro atoms. The van der Waals surface area contributed by atoms with Crippen molar-refractivity contribution in [3.8, 4) is 0 Å². The Morgan fingerprint density at radius 2 is 2.17 bits per heavy atom. The van der Waals surface area contributed by atoms with Crippen LogP contribution >= 0.6 is 27.5 Å². The number of benzene rings is 1. The molecule has 1 amide bonds. The van der Waals surface area contributed by atoms with Crippen molar-refractivity contribution in [1.82, 2.24) is 0 Å². The van der Waals surface area contributed by atoms with Gasteiger partial charge in [-0.3, -0.25) is 4.79 Å². The quantitative estimate of drug-likeness (QED) is 0.766. The van der Waals surface area contributed by atoms with Crippen LogP contribution in [0, 0.1) is 5.82 Å². The first-order valence-corrected chi connectivity index (χ1v) is 4.14. The lowest BCUT2D eigenvalue weighted by Gasteiger charge is -2.01. The fraction of sp³-hybridized carbons (Fsp3) is 0. The van der Waals surface area contributed by atoms with E-state index in [1.807, 2.05) is 0 Å². The average Bonchev–Trinajstić information content (AvgIpc) is 2.00. The highest BCUT2D eigenvalue weighted by Crippen LogP contribution is 2.28. The molecule has 1 aromatic carbocycles. The molecule has 0 radical (unpaired) electrons. The van der Waals surface area contributed by atoms with E-state index in [4.69, 9.17) is 17.3 Å². The van der Waals surface area contributed by atoms with Crippen molar-refractivity contribution in [2.75, 3.05) is 0 Å². The third-order valence-electron chi connectivity index (χ3n) is 1.30. The summed E-state index contributed by atoms with van der Waals surface area (Å²) in [6.07, 6.45) is 0. The number of hydrogen-bond donors (Lipinski definition) is 1. The van der Waals surface area contributed by atoms with Crippen LogP contribution in [0.4, 0.5) is 4.39 Å². The molecule has 0 aromatic heterocycles. The SMILES string of the molecule is NC(=O)c1ccc(F)c(Cl)c1Br. The number of primary amides is 1.